The lowest BCUT2D eigenvalue weighted by atomic mass is 10.1. The number of rotatable bonds is 7. The first kappa shape index (κ1) is 20.0. The molecule has 0 bridgehead atoms. The Morgan fingerprint density at radius 2 is 1.29 bits per heavy atom. The summed E-state index contributed by atoms with van der Waals surface area (Å²) in [6, 6.07) is 23.6. The average Bonchev–Trinajstić information content (AvgIpc) is 2.71. The van der Waals surface area contributed by atoms with E-state index in [4.69, 9.17) is 25.4 Å². The van der Waals surface area contributed by atoms with E-state index < -0.39 is 19.2 Å². The van der Waals surface area contributed by atoms with E-state index in [2.05, 4.69) is 0 Å². The van der Waals surface area contributed by atoms with E-state index in [1.165, 1.54) is 7.11 Å². The Kier molecular flexibility index (Phi) is 6.40. The van der Waals surface area contributed by atoms with Gasteiger partial charge in [-0.1, -0.05) is 66.2 Å². The number of ether oxygens (including phenoxy) is 1. The van der Waals surface area contributed by atoms with Crippen molar-refractivity contribution in [2.75, 3.05) is 7.11 Å². The third-order valence-electron chi connectivity index (χ3n) is 3.89. The molecule has 0 N–H and O–H groups in total. The predicted molar refractivity (Wildman–Crippen MR) is 108 cm³/mol. The fourth-order valence-corrected chi connectivity index (χ4v) is 4.95. The highest BCUT2D eigenvalue weighted by Crippen LogP contribution is 2.61. The number of esters is 1. The van der Waals surface area contributed by atoms with Crippen LogP contribution in [0.3, 0.4) is 0 Å². The van der Waals surface area contributed by atoms with Crippen LogP contribution in [0.5, 0.6) is 11.5 Å². The SMILES string of the molecule is COC(=O)C(c1ccccc1Cl)P(=O)(Oc1ccccc1)Oc1ccccc1. The van der Waals surface area contributed by atoms with Crippen molar-refractivity contribution in [1.29, 1.82) is 0 Å². The van der Waals surface area contributed by atoms with E-state index in [-0.39, 0.29) is 5.02 Å². The summed E-state index contributed by atoms with van der Waals surface area (Å²) >= 11 is 6.29. The van der Waals surface area contributed by atoms with Crippen molar-refractivity contribution in [2.45, 2.75) is 5.66 Å². The zero-order valence-electron chi connectivity index (χ0n) is 15.0. The highest BCUT2D eigenvalue weighted by atomic mass is 35.5. The lowest BCUT2D eigenvalue weighted by Gasteiger charge is -2.26. The van der Waals surface area contributed by atoms with Crippen molar-refractivity contribution < 1.29 is 23.1 Å². The molecule has 3 aromatic rings. The van der Waals surface area contributed by atoms with Gasteiger partial charge in [0.2, 0.25) is 5.66 Å². The van der Waals surface area contributed by atoms with E-state index in [9.17, 15) is 9.36 Å². The minimum Gasteiger partial charge on any atom is -0.468 e. The third kappa shape index (κ3) is 4.56. The molecule has 0 fully saturated rings. The topological polar surface area (TPSA) is 61.8 Å². The highest BCUT2D eigenvalue weighted by Gasteiger charge is 2.47. The maximum atomic E-state index is 14.0. The maximum absolute atomic E-state index is 14.0. The molecule has 7 heteroatoms. The standard InChI is InChI=1S/C21H18ClO5P/c1-25-21(23)20(18-14-8-9-15-19(18)22)28(24,26-16-10-4-2-5-11-16)27-17-12-6-3-7-13-17/h2-15,20H,1H3. The third-order valence-corrected chi connectivity index (χ3v) is 6.29. The van der Waals surface area contributed by atoms with Gasteiger partial charge in [0.05, 0.1) is 7.11 Å². The van der Waals surface area contributed by atoms with Crippen LogP contribution in [-0.2, 0) is 14.1 Å². The van der Waals surface area contributed by atoms with Crippen LogP contribution >= 0.6 is 19.2 Å². The van der Waals surface area contributed by atoms with Gasteiger partial charge in [-0.05, 0) is 35.9 Å². The Bertz CT molecular complexity index is 933. The molecule has 0 saturated carbocycles. The first-order chi connectivity index (χ1) is 13.5. The molecule has 0 spiro atoms. The van der Waals surface area contributed by atoms with Gasteiger partial charge >= 0.3 is 13.6 Å². The molecular formula is C21H18ClO5P. The van der Waals surface area contributed by atoms with Crippen LogP contribution in [-0.4, -0.2) is 13.1 Å². The van der Waals surface area contributed by atoms with Crippen LogP contribution in [0.15, 0.2) is 84.9 Å². The minimum absolute atomic E-state index is 0.256. The molecule has 28 heavy (non-hydrogen) atoms. The maximum Gasteiger partial charge on any atom is 0.449 e. The van der Waals surface area contributed by atoms with E-state index in [0.29, 0.717) is 17.1 Å². The van der Waals surface area contributed by atoms with Crippen molar-refractivity contribution >= 4 is 25.2 Å². The van der Waals surface area contributed by atoms with E-state index in [1.807, 2.05) is 0 Å². The number of hydrogen-bond donors (Lipinski definition) is 0. The summed E-state index contributed by atoms with van der Waals surface area (Å²) in [5, 5.41) is 0.256. The van der Waals surface area contributed by atoms with Crippen LogP contribution in [0.1, 0.15) is 11.2 Å². The van der Waals surface area contributed by atoms with Gasteiger partial charge in [-0.15, -0.1) is 0 Å². The molecule has 0 saturated heterocycles. The number of benzene rings is 3. The van der Waals surface area contributed by atoms with Gasteiger partial charge in [-0.3, -0.25) is 4.79 Å². The van der Waals surface area contributed by atoms with E-state index >= 15 is 0 Å². The van der Waals surface area contributed by atoms with E-state index in [0.717, 1.165) is 0 Å². The summed E-state index contributed by atoms with van der Waals surface area (Å²) in [4.78, 5) is 12.7. The second kappa shape index (κ2) is 8.96. The second-order valence-electron chi connectivity index (χ2n) is 5.80. The molecule has 1 atom stereocenters. The van der Waals surface area contributed by atoms with Crippen LogP contribution in [0.25, 0.3) is 0 Å². The van der Waals surface area contributed by atoms with Crippen molar-refractivity contribution in [3.8, 4) is 11.5 Å². The molecule has 0 aliphatic rings. The molecule has 144 valence electrons. The van der Waals surface area contributed by atoms with E-state index in [1.54, 1.807) is 84.9 Å². The summed E-state index contributed by atoms with van der Waals surface area (Å²) in [5.41, 5.74) is -1.07. The smallest absolute Gasteiger partial charge is 0.449 e. The van der Waals surface area contributed by atoms with Gasteiger partial charge < -0.3 is 13.8 Å². The number of para-hydroxylation sites is 2. The van der Waals surface area contributed by atoms with Gasteiger partial charge in [0.15, 0.2) is 0 Å². The minimum atomic E-state index is -4.15. The average molecular weight is 417 g/mol. The van der Waals surface area contributed by atoms with Gasteiger partial charge in [-0.2, -0.15) is 0 Å². The van der Waals surface area contributed by atoms with Crippen molar-refractivity contribution in [1.82, 2.24) is 0 Å². The summed E-state index contributed by atoms with van der Waals surface area (Å²) in [6.07, 6.45) is 0. The first-order valence-corrected chi connectivity index (χ1v) is 10.4. The summed E-state index contributed by atoms with van der Waals surface area (Å²) in [7, 11) is -2.94. The van der Waals surface area contributed by atoms with Crippen molar-refractivity contribution in [3.05, 3.63) is 95.5 Å². The molecule has 0 aromatic heterocycles. The number of methoxy groups -OCH3 is 1. The zero-order chi connectivity index (χ0) is 20.0. The quantitative estimate of drug-likeness (QED) is 0.354. The predicted octanol–water partition coefficient (Wildman–Crippen LogP) is 5.91. The molecule has 3 rings (SSSR count). The molecule has 3 aromatic carbocycles. The second-order valence-corrected chi connectivity index (χ2v) is 8.16. The summed E-state index contributed by atoms with van der Waals surface area (Å²) in [5.74, 6) is -0.186. The van der Waals surface area contributed by atoms with Gasteiger partial charge in [0, 0.05) is 5.02 Å². The molecule has 0 amide bonds. The normalized spacial score (nSPS) is 12.1. The molecule has 0 radical (unpaired) electrons. The highest BCUT2D eigenvalue weighted by molar-refractivity contribution is 7.56. The molecule has 0 aliphatic heterocycles. The monoisotopic (exact) mass is 416 g/mol. The summed E-state index contributed by atoms with van der Waals surface area (Å²) in [6.45, 7) is 0. The van der Waals surface area contributed by atoms with Gasteiger partial charge in [0.1, 0.15) is 11.5 Å². The fourth-order valence-electron chi connectivity index (χ4n) is 2.62. The van der Waals surface area contributed by atoms with Crippen LogP contribution in [0, 0.1) is 0 Å². The number of carbonyl (C=O) groups excluding carboxylic acids is 1. The Morgan fingerprint density at radius 1 is 0.821 bits per heavy atom. The van der Waals surface area contributed by atoms with Crippen LogP contribution in [0.2, 0.25) is 5.02 Å². The van der Waals surface area contributed by atoms with Gasteiger partial charge in [0.25, 0.3) is 0 Å². The number of hydrogen-bond acceptors (Lipinski definition) is 5. The Labute approximate surface area is 168 Å². The summed E-state index contributed by atoms with van der Waals surface area (Å²) < 4.78 is 30.5. The van der Waals surface area contributed by atoms with Crippen LogP contribution < -0.4 is 9.05 Å². The Hall–Kier alpha value is -2.75. The first-order valence-electron chi connectivity index (χ1n) is 8.45. The Balaban J connectivity index is 2.12. The molecular weight excluding hydrogens is 399 g/mol. The van der Waals surface area contributed by atoms with Crippen molar-refractivity contribution in [2.24, 2.45) is 0 Å². The van der Waals surface area contributed by atoms with Crippen LogP contribution in [0.4, 0.5) is 0 Å². The molecule has 0 aliphatic carbocycles. The number of halogens is 1. The van der Waals surface area contributed by atoms with Gasteiger partial charge in [-0.25, -0.2) is 4.57 Å². The lowest BCUT2D eigenvalue weighted by molar-refractivity contribution is -0.140. The van der Waals surface area contributed by atoms with Crippen molar-refractivity contribution in [3.63, 3.8) is 0 Å². The lowest BCUT2D eigenvalue weighted by Crippen LogP contribution is -2.20. The zero-order valence-corrected chi connectivity index (χ0v) is 16.7. The number of carbonyl (C=O) groups is 1. The largest absolute Gasteiger partial charge is 0.468 e. The fraction of sp³-hybridized carbons (Fsp3) is 0.0952. The molecule has 5 nitrogen and oxygen atoms in total. The molecule has 0 heterocycles. The molecule has 1 unspecified atom stereocenters. The Morgan fingerprint density at radius 3 is 1.75 bits per heavy atom.